The molecule has 0 aliphatic rings. The van der Waals surface area contributed by atoms with Crippen LogP contribution in [-0.4, -0.2) is 20.1 Å². The van der Waals surface area contributed by atoms with Crippen LogP contribution in [0.4, 0.5) is 0 Å². The average molecular weight is 287 g/mol. The SMILES string of the molecule is CCn1nc(-c2c(C)cc(C)c(=O)n2C)c(C)c1C(C)=O. The Balaban J connectivity index is 2.84. The van der Waals surface area contributed by atoms with Gasteiger partial charge < -0.3 is 4.57 Å². The number of rotatable bonds is 3. The van der Waals surface area contributed by atoms with Crippen molar-refractivity contribution < 1.29 is 4.79 Å². The van der Waals surface area contributed by atoms with Crippen molar-refractivity contribution in [1.29, 1.82) is 0 Å². The lowest BCUT2D eigenvalue weighted by molar-refractivity contribution is 0.100. The third kappa shape index (κ3) is 2.33. The molecule has 21 heavy (non-hydrogen) atoms. The first-order valence-electron chi connectivity index (χ1n) is 7.05. The van der Waals surface area contributed by atoms with E-state index in [0.29, 0.717) is 23.5 Å². The molecule has 112 valence electrons. The fourth-order valence-corrected chi connectivity index (χ4v) is 2.88. The molecule has 0 unspecified atom stereocenters. The smallest absolute Gasteiger partial charge is 0.253 e. The molecule has 0 aromatic carbocycles. The van der Waals surface area contributed by atoms with Crippen molar-refractivity contribution in [2.45, 2.75) is 41.2 Å². The van der Waals surface area contributed by atoms with Crippen LogP contribution in [-0.2, 0) is 13.6 Å². The van der Waals surface area contributed by atoms with Gasteiger partial charge in [-0.3, -0.25) is 14.3 Å². The van der Waals surface area contributed by atoms with E-state index in [9.17, 15) is 9.59 Å². The zero-order valence-electron chi connectivity index (χ0n) is 13.4. The Kier molecular flexibility index (Phi) is 3.85. The molecule has 0 amide bonds. The molecule has 0 N–H and O–H groups in total. The van der Waals surface area contributed by atoms with E-state index in [4.69, 9.17) is 0 Å². The van der Waals surface area contributed by atoms with Gasteiger partial charge >= 0.3 is 0 Å². The molecule has 0 spiro atoms. The van der Waals surface area contributed by atoms with Gasteiger partial charge in [0.1, 0.15) is 11.4 Å². The molecule has 2 aromatic rings. The Morgan fingerprint density at radius 1 is 1.24 bits per heavy atom. The van der Waals surface area contributed by atoms with Gasteiger partial charge in [-0.2, -0.15) is 5.10 Å². The standard InChI is InChI=1S/C16H21N3O2/c1-7-19-15(12(5)20)11(4)13(17-19)14-9(2)8-10(3)16(21)18(14)6/h8H,7H2,1-6H3. The molecular weight excluding hydrogens is 266 g/mol. The van der Waals surface area contributed by atoms with Gasteiger partial charge in [-0.1, -0.05) is 0 Å². The van der Waals surface area contributed by atoms with Crippen molar-refractivity contribution in [3.63, 3.8) is 0 Å². The fraction of sp³-hybridized carbons (Fsp3) is 0.438. The molecule has 0 aliphatic carbocycles. The maximum absolute atomic E-state index is 12.2. The van der Waals surface area contributed by atoms with Gasteiger partial charge in [-0.25, -0.2) is 0 Å². The molecule has 2 aromatic heterocycles. The van der Waals surface area contributed by atoms with Crippen LogP contribution in [0, 0.1) is 20.8 Å². The second-order valence-electron chi connectivity index (χ2n) is 5.42. The minimum absolute atomic E-state index is 0.0112. The van der Waals surface area contributed by atoms with Gasteiger partial charge in [0.2, 0.25) is 0 Å². The van der Waals surface area contributed by atoms with Gasteiger partial charge in [0, 0.05) is 31.6 Å². The Labute approximate surface area is 124 Å². The summed E-state index contributed by atoms with van der Waals surface area (Å²) in [5, 5.41) is 4.55. The van der Waals surface area contributed by atoms with Crippen molar-refractivity contribution in [2.75, 3.05) is 0 Å². The summed E-state index contributed by atoms with van der Waals surface area (Å²) in [4.78, 5) is 24.0. The summed E-state index contributed by atoms with van der Waals surface area (Å²) < 4.78 is 3.32. The van der Waals surface area contributed by atoms with Crippen LogP contribution in [0.15, 0.2) is 10.9 Å². The van der Waals surface area contributed by atoms with Crippen LogP contribution in [0.5, 0.6) is 0 Å². The van der Waals surface area contributed by atoms with Crippen LogP contribution in [0.25, 0.3) is 11.4 Å². The second-order valence-corrected chi connectivity index (χ2v) is 5.42. The highest BCUT2D eigenvalue weighted by Gasteiger charge is 2.21. The summed E-state index contributed by atoms with van der Waals surface area (Å²) in [5.74, 6) is -0.0112. The molecule has 0 bridgehead atoms. The first-order valence-corrected chi connectivity index (χ1v) is 7.05. The quantitative estimate of drug-likeness (QED) is 0.814. The molecule has 2 rings (SSSR count). The highest BCUT2D eigenvalue weighted by atomic mass is 16.1. The number of hydrogen-bond acceptors (Lipinski definition) is 3. The third-order valence-corrected chi connectivity index (χ3v) is 3.83. The molecule has 0 atom stereocenters. The van der Waals surface area contributed by atoms with Crippen LogP contribution >= 0.6 is 0 Å². The van der Waals surface area contributed by atoms with E-state index < -0.39 is 0 Å². The zero-order valence-corrected chi connectivity index (χ0v) is 13.4. The summed E-state index contributed by atoms with van der Waals surface area (Å²) in [6.45, 7) is 9.76. The Morgan fingerprint density at radius 3 is 2.33 bits per heavy atom. The van der Waals surface area contributed by atoms with Crippen molar-refractivity contribution >= 4 is 5.78 Å². The maximum atomic E-state index is 12.2. The molecule has 5 heteroatoms. The summed E-state index contributed by atoms with van der Waals surface area (Å²) in [5.41, 5.74) is 4.57. The van der Waals surface area contributed by atoms with E-state index in [-0.39, 0.29) is 11.3 Å². The maximum Gasteiger partial charge on any atom is 0.253 e. The molecule has 0 fully saturated rings. The first kappa shape index (κ1) is 15.2. The lowest BCUT2D eigenvalue weighted by Gasteiger charge is -2.11. The number of aryl methyl sites for hydroxylation is 3. The number of carbonyl (C=O) groups is 1. The lowest BCUT2D eigenvalue weighted by Crippen LogP contribution is -2.22. The predicted molar refractivity (Wildman–Crippen MR) is 82.8 cm³/mol. The molecule has 0 aliphatic heterocycles. The summed E-state index contributed by atoms with van der Waals surface area (Å²) in [6.07, 6.45) is 0. The van der Waals surface area contributed by atoms with Crippen molar-refractivity contribution in [3.05, 3.63) is 38.8 Å². The monoisotopic (exact) mass is 287 g/mol. The van der Waals surface area contributed by atoms with Crippen molar-refractivity contribution in [3.8, 4) is 11.4 Å². The Bertz CT molecular complexity index is 782. The number of aromatic nitrogens is 3. The molecule has 0 radical (unpaired) electrons. The van der Waals surface area contributed by atoms with Gasteiger partial charge in [0.15, 0.2) is 5.78 Å². The summed E-state index contributed by atoms with van der Waals surface area (Å²) >= 11 is 0. The van der Waals surface area contributed by atoms with Crippen molar-refractivity contribution in [2.24, 2.45) is 7.05 Å². The highest BCUT2D eigenvalue weighted by molar-refractivity contribution is 5.95. The molecule has 0 saturated carbocycles. The normalized spacial score (nSPS) is 11.0. The van der Waals surface area contributed by atoms with Crippen molar-refractivity contribution in [1.82, 2.24) is 14.3 Å². The number of Topliss-reactive ketones (excluding diaryl/α,β-unsaturated/α-hetero) is 1. The van der Waals surface area contributed by atoms with Crippen LogP contribution in [0.1, 0.15) is 41.0 Å². The van der Waals surface area contributed by atoms with Gasteiger partial charge in [0.05, 0.1) is 5.69 Å². The summed E-state index contributed by atoms with van der Waals surface area (Å²) in [6, 6.07) is 1.87. The number of nitrogens with zero attached hydrogens (tertiary/aromatic N) is 3. The van der Waals surface area contributed by atoms with E-state index in [1.807, 2.05) is 26.8 Å². The Hall–Kier alpha value is -2.17. The number of pyridine rings is 1. The van der Waals surface area contributed by atoms with Crippen LogP contribution < -0.4 is 5.56 Å². The van der Waals surface area contributed by atoms with Gasteiger partial charge in [-0.15, -0.1) is 0 Å². The zero-order chi connectivity index (χ0) is 15.9. The van der Waals surface area contributed by atoms with Gasteiger partial charge in [0.25, 0.3) is 5.56 Å². The van der Waals surface area contributed by atoms with Crippen LogP contribution in [0.2, 0.25) is 0 Å². The van der Waals surface area contributed by atoms with E-state index in [2.05, 4.69) is 5.10 Å². The number of ketones is 1. The second kappa shape index (κ2) is 5.31. The minimum Gasteiger partial charge on any atom is -0.309 e. The van der Waals surface area contributed by atoms with Crippen LogP contribution in [0.3, 0.4) is 0 Å². The topological polar surface area (TPSA) is 56.9 Å². The fourth-order valence-electron chi connectivity index (χ4n) is 2.88. The van der Waals surface area contributed by atoms with Gasteiger partial charge in [-0.05, 0) is 39.3 Å². The largest absolute Gasteiger partial charge is 0.309 e. The number of hydrogen-bond donors (Lipinski definition) is 0. The first-order chi connectivity index (χ1) is 9.79. The van der Waals surface area contributed by atoms with E-state index in [1.165, 1.54) is 0 Å². The lowest BCUT2D eigenvalue weighted by atomic mass is 10.0. The Morgan fingerprint density at radius 2 is 1.86 bits per heavy atom. The number of carbonyl (C=O) groups excluding carboxylic acids is 1. The minimum atomic E-state index is -0.0366. The molecule has 5 nitrogen and oxygen atoms in total. The summed E-state index contributed by atoms with van der Waals surface area (Å²) in [7, 11) is 1.75. The predicted octanol–water partition coefficient (Wildman–Crippen LogP) is 2.40. The third-order valence-electron chi connectivity index (χ3n) is 3.83. The highest BCUT2D eigenvalue weighted by Crippen LogP contribution is 2.27. The van der Waals surface area contributed by atoms with E-state index in [1.54, 1.807) is 30.1 Å². The molecular formula is C16H21N3O2. The molecule has 0 saturated heterocycles. The molecule has 2 heterocycles. The average Bonchev–Trinajstić information content (AvgIpc) is 2.73. The van der Waals surface area contributed by atoms with E-state index in [0.717, 1.165) is 16.8 Å². The van der Waals surface area contributed by atoms with E-state index >= 15 is 0 Å².